The highest BCUT2D eigenvalue weighted by atomic mass is 16.5. The molecule has 4 saturated carbocycles. The second kappa shape index (κ2) is 6.56. The molecule has 0 unspecified atom stereocenters. The van der Waals surface area contributed by atoms with Crippen molar-refractivity contribution in [1.29, 1.82) is 0 Å². The van der Waals surface area contributed by atoms with E-state index in [0.717, 1.165) is 36.0 Å². The number of ether oxygens (including phenoxy) is 1. The van der Waals surface area contributed by atoms with Gasteiger partial charge in [-0.25, -0.2) is 0 Å². The first-order valence-corrected chi connectivity index (χ1v) is 10.6. The maximum Gasteiger partial charge on any atom is 0.124 e. The van der Waals surface area contributed by atoms with Crippen molar-refractivity contribution in [2.45, 2.75) is 64.6 Å². The summed E-state index contributed by atoms with van der Waals surface area (Å²) in [7, 11) is 0. The van der Waals surface area contributed by atoms with Crippen molar-refractivity contribution >= 4 is 10.8 Å². The van der Waals surface area contributed by atoms with E-state index in [1.807, 2.05) is 0 Å². The zero-order chi connectivity index (χ0) is 17.7. The molecule has 0 heterocycles. The van der Waals surface area contributed by atoms with Crippen molar-refractivity contribution in [3.05, 3.63) is 42.0 Å². The van der Waals surface area contributed by atoms with Crippen molar-refractivity contribution in [2.75, 3.05) is 0 Å². The van der Waals surface area contributed by atoms with Crippen LogP contribution in [0, 0.1) is 23.7 Å². The molecule has 0 saturated heterocycles. The molecule has 4 fully saturated rings. The van der Waals surface area contributed by atoms with Crippen molar-refractivity contribution in [3.8, 4) is 5.75 Å². The molecule has 0 amide bonds. The Morgan fingerprint density at radius 3 is 2.31 bits per heavy atom. The zero-order valence-corrected chi connectivity index (χ0v) is 16.1. The highest BCUT2D eigenvalue weighted by Gasteiger charge is 2.47. The molecule has 4 bridgehead atoms. The van der Waals surface area contributed by atoms with Gasteiger partial charge in [0.05, 0.1) is 6.10 Å². The van der Waals surface area contributed by atoms with E-state index < -0.39 is 0 Å². The standard InChI is InChI=1S/C24H31NO/c1-15(2)26-23-8-7-18-5-3-4-6-21(18)22(23)14-25-24-19-10-16-9-17(12-19)13-20(24)11-16/h3-8,15-17,19-20,24-25H,9-14H2,1-2H3. The first kappa shape index (κ1) is 16.6. The first-order valence-electron chi connectivity index (χ1n) is 10.6. The fourth-order valence-corrected chi connectivity index (χ4v) is 6.34. The Bertz CT molecular complexity index is 768. The number of nitrogens with one attached hydrogen (secondary N) is 1. The van der Waals surface area contributed by atoms with Crippen LogP contribution in [-0.2, 0) is 6.54 Å². The van der Waals surface area contributed by atoms with Crippen molar-refractivity contribution in [2.24, 2.45) is 23.7 Å². The quantitative estimate of drug-likeness (QED) is 0.765. The van der Waals surface area contributed by atoms with Crippen LogP contribution >= 0.6 is 0 Å². The average Bonchev–Trinajstić information content (AvgIpc) is 2.61. The Morgan fingerprint density at radius 2 is 1.62 bits per heavy atom. The van der Waals surface area contributed by atoms with Crippen LogP contribution < -0.4 is 10.1 Å². The van der Waals surface area contributed by atoms with E-state index in [2.05, 4.69) is 55.6 Å². The summed E-state index contributed by atoms with van der Waals surface area (Å²) < 4.78 is 6.17. The van der Waals surface area contributed by atoms with Gasteiger partial charge in [-0.1, -0.05) is 30.3 Å². The van der Waals surface area contributed by atoms with Crippen LogP contribution in [0.5, 0.6) is 5.75 Å². The Balaban J connectivity index is 1.41. The van der Waals surface area contributed by atoms with Crippen LogP contribution in [0.4, 0.5) is 0 Å². The fourth-order valence-electron chi connectivity index (χ4n) is 6.34. The lowest BCUT2D eigenvalue weighted by Crippen LogP contribution is -2.54. The lowest BCUT2D eigenvalue weighted by Gasteiger charge is -2.54. The Labute approximate surface area is 157 Å². The van der Waals surface area contributed by atoms with Gasteiger partial charge in [0.15, 0.2) is 0 Å². The van der Waals surface area contributed by atoms with Gasteiger partial charge in [-0.3, -0.25) is 0 Å². The SMILES string of the molecule is CC(C)Oc1ccc2ccccc2c1CNC1C2CC3CC(C2)CC1C3. The molecule has 4 aliphatic carbocycles. The van der Waals surface area contributed by atoms with E-state index >= 15 is 0 Å². The van der Waals surface area contributed by atoms with Gasteiger partial charge in [0.1, 0.15) is 5.75 Å². The summed E-state index contributed by atoms with van der Waals surface area (Å²) in [5.74, 6) is 4.95. The van der Waals surface area contributed by atoms with Crippen LogP contribution in [0.2, 0.25) is 0 Å². The van der Waals surface area contributed by atoms with Crippen molar-refractivity contribution in [1.82, 2.24) is 5.32 Å². The maximum atomic E-state index is 6.17. The monoisotopic (exact) mass is 349 g/mol. The second-order valence-electron chi connectivity index (χ2n) is 9.27. The number of hydrogen-bond donors (Lipinski definition) is 1. The predicted molar refractivity (Wildman–Crippen MR) is 107 cm³/mol. The van der Waals surface area contributed by atoms with Gasteiger partial charge in [-0.2, -0.15) is 0 Å². The lowest BCUT2D eigenvalue weighted by atomic mass is 9.54. The van der Waals surface area contributed by atoms with E-state index in [1.165, 1.54) is 48.4 Å². The van der Waals surface area contributed by atoms with Gasteiger partial charge in [-0.05, 0) is 86.5 Å². The fraction of sp³-hybridized carbons (Fsp3) is 0.583. The minimum Gasteiger partial charge on any atom is -0.491 e. The van der Waals surface area contributed by atoms with Crippen LogP contribution in [0.1, 0.15) is 51.5 Å². The molecule has 0 aliphatic heterocycles. The largest absolute Gasteiger partial charge is 0.491 e. The van der Waals surface area contributed by atoms with Crippen LogP contribution in [0.3, 0.4) is 0 Å². The minimum atomic E-state index is 0.205. The Kier molecular flexibility index (Phi) is 4.20. The third kappa shape index (κ3) is 2.93. The molecule has 1 N–H and O–H groups in total. The van der Waals surface area contributed by atoms with Gasteiger partial charge >= 0.3 is 0 Å². The number of rotatable bonds is 5. The Hall–Kier alpha value is -1.54. The van der Waals surface area contributed by atoms with Gasteiger partial charge in [0.2, 0.25) is 0 Å². The molecule has 4 aliphatic rings. The molecule has 26 heavy (non-hydrogen) atoms. The molecule has 0 aromatic heterocycles. The zero-order valence-electron chi connectivity index (χ0n) is 16.1. The minimum absolute atomic E-state index is 0.205. The lowest BCUT2D eigenvalue weighted by molar-refractivity contribution is -0.0143. The van der Waals surface area contributed by atoms with E-state index in [9.17, 15) is 0 Å². The maximum absolute atomic E-state index is 6.17. The van der Waals surface area contributed by atoms with E-state index in [4.69, 9.17) is 4.74 Å². The summed E-state index contributed by atoms with van der Waals surface area (Å²) in [6.45, 7) is 5.16. The molecule has 2 aromatic carbocycles. The smallest absolute Gasteiger partial charge is 0.124 e. The third-order valence-corrected chi connectivity index (χ3v) is 7.10. The summed E-state index contributed by atoms with van der Waals surface area (Å²) >= 11 is 0. The highest BCUT2D eigenvalue weighted by molar-refractivity contribution is 5.87. The first-order chi connectivity index (χ1) is 12.7. The summed E-state index contributed by atoms with van der Waals surface area (Å²) in [5.41, 5.74) is 1.34. The molecule has 0 spiro atoms. The molecule has 0 atom stereocenters. The number of fused-ring (bicyclic) bond motifs is 1. The van der Waals surface area contributed by atoms with Gasteiger partial charge in [-0.15, -0.1) is 0 Å². The second-order valence-corrected chi connectivity index (χ2v) is 9.27. The topological polar surface area (TPSA) is 21.3 Å². The predicted octanol–water partition coefficient (Wildman–Crippen LogP) is 5.54. The molecule has 6 rings (SSSR count). The van der Waals surface area contributed by atoms with E-state index in [1.54, 1.807) is 0 Å². The third-order valence-electron chi connectivity index (χ3n) is 7.10. The molecular weight excluding hydrogens is 318 g/mol. The number of hydrogen-bond acceptors (Lipinski definition) is 2. The van der Waals surface area contributed by atoms with Crippen LogP contribution in [-0.4, -0.2) is 12.1 Å². The molecule has 138 valence electrons. The molecule has 2 heteroatoms. The van der Waals surface area contributed by atoms with Crippen LogP contribution in [0.25, 0.3) is 10.8 Å². The summed E-state index contributed by atoms with van der Waals surface area (Å²) in [6.07, 6.45) is 7.60. The normalized spacial score (nSPS) is 32.5. The summed E-state index contributed by atoms with van der Waals surface area (Å²) in [4.78, 5) is 0. The van der Waals surface area contributed by atoms with Gasteiger partial charge < -0.3 is 10.1 Å². The van der Waals surface area contributed by atoms with Crippen molar-refractivity contribution < 1.29 is 4.74 Å². The highest BCUT2D eigenvalue weighted by Crippen LogP contribution is 2.53. The van der Waals surface area contributed by atoms with Gasteiger partial charge in [0, 0.05) is 18.2 Å². The summed E-state index contributed by atoms with van der Waals surface area (Å²) in [6, 6.07) is 13.8. The molecule has 0 radical (unpaired) electrons. The average molecular weight is 350 g/mol. The molecular formula is C24H31NO. The summed E-state index contributed by atoms with van der Waals surface area (Å²) in [5, 5.41) is 6.65. The molecule has 2 aromatic rings. The van der Waals surface area contributed by atoms with E-state index in [0.29, 0.717) is 6.04 Å². The van der Waals surface area contributed by atoms with Crippen molar-refractivity contribution in [3.63, 3.8) is 0 Å². The Morgan fingerprint density at radius 1 is 0.923 bits per heavy atom. The number of benzene rings is 2. The van der Waals surface area contributed by atoms with Crippen LogP contribution in [0.15, 0.2) is 36.4 Å². The van der Waals surface area contributed by atoms with Gasteiger partial charge in [0.25, 0.3) is 0 Å². The molecule has 2 nitrogen and oxygen atoms in total. The van der Waals surface area contributed by atoms with E-state index in [-0.39, 0.29) is 6.10 Å².